The minimum absolute atomic E-state index is 0.0260. The number of carbonyl (C=O) groups is 3. The van der Waals surface area contributed by atoms with Crippen molar-refractivity contribution in [3.05, 3.63) is 12.7 Å². The first-order valence-electron chi connectivity index (χ1n) is 15.6. The fraction of sp³-hybridized carbons (Fsp3) is 0.680. The Morgan fingerprint density at radius 3 is 2.41 bits per heavy atom. The van der Waals surface area contributed by atoms with Crippen LogP contribution in [0.25, 0.3) is 11.2 Å². The average molecular weight is 850 g/mol. The van der Waals surface area contributed by atoms with Crippen LogP contribution in [0.3, 0.4) is 0 Å². The number of anilines is 1. The van der Waals surface area contributed by atoms with E-state index in [2.05, 4.69) is 43.5 Å². The van der Waals surface area contributed by atoms with E-state index in [9.17, 15) is 57.9 Å². The van der Waals surface area contributed by atoms with Crippen molar-refractivity contribution >= 4 is 69.1 Å². The normalized spacial score (nSPS) is 22.6. The smallest absolute Gasteiger partial charge is 0.274 e. The molecule has 2 aromatic rings. The van der Waals surface area contributed by atoms with Crippen LogP contribution in [-0.2, 0) is 50.7 Å². The van der Waals surface area contributed by atoms with Crippen LogP contribution >= 0.6 is 35.2 Å². The standard InChI is InChI=1S/C25H42N7O18P3S/c1-13(8-33)24(38)54-7-6-27-15(34)4-5-28-22(37)19(36)25(2,3)10-47-53(44,45)50-52(42,43)46-9-14-18(49-51(39,40)41)17(35)23(48-14)32-12-31-16-20(26)29-11-30-21(16)32/h11-14,17-19,23,33,35-36H,4-10H2,1-3H3,(H,27,34)(H,28,37)(H,42,43)(H,44,45)(H2,26,29,30)(H2,39,40,41)/p-4. The monoisotopic (exact) mass is 849 g/mol. The van der Waals surface area contributed by atoms with Gasteiger partial charge in [0.1, 0.15) is 36.3 Å². The minimum Gasteiger partial charge on any atom is -0.790 e. The second-order valence-electron chi connectivity index (χ2n) is 12.2. The number of aliphatic hydroxyl groups is 3. The number of rotatable bonds is 21. The predicted octanol–water partition coefficient (Wildman–Crippen LogP) is -4.23. The van der Waals surface area contributed by atoms with Crippen molar-refractivity contribution in [1.82, 2.24) is 30.2 Å². The molecule has 0 aliphatic carbocycles. The molecule has 29 heteroatoms. The summed E-state index contributed by atoms with van der Waals surface area (Å²) >= 11 is 0.931. The predicted molar refractivity (Wildman–Crippen MR) is 174 cm³/mol. The topological polar surface area (TPSA) is 395 Å². The van der Waals surface area contributed by atoms with Gasteiger partial charge >= 0.3 is 0 Å². The van der Waals surface area contributed by atoms with Crippen molar-refractivity contribution in [3.8, 4) is 0 Å². The molecule has 0 saturated carbocycles. The second-order valence-corrected chi connectivity index (χ2v) is 17.4. The molecular weight excluding hydrogens is 811 g/mol. The van der Waals surface area contributed by atoms with E-state index in [1.165, 1.54) is 13.8 Å². The van der Waals surface area contributed by atoms with Gasteiger partial charge in [0.05, 0.1) is 34.0 Å². The number of nitrogens with one attached hydrogen (secondary N) is 2. The van der Waals surface area contributed by atoms with Crippen LogP contribution in [0.4, 0.5) is 5.82 Å². The minimum atomic E-state index is -5.92. The molecule has 2 amide bonds. The van der Waals surface area contributed by atoms with Crippen LogP contribution < -0.4 is 35.9 Å². The first-order chi connectivity index (χ1) is 25.0. The lowest BCUT2D eigenvalue weighted by molar-refractivity contribution is -0.347. The maximum absolute atomic E-state index is 12.5. The van der Waals surface area contributed by atoms with Gasteiger partial charge in [-0.2, -0.15) is 0 Å². The molecule has 306 valence electrons. The first-order valence-corrected chi connectivity index (χ1v) is 20.9. The third-order valence-electron chi connectivity index (χ3n) is 7.40. The molecular formula is C25H38N7O18P3S-4. The van der Waals surface area contributed by atoms with Crippen molar-refractivity contribution in [2.45, 2.75) is 57.8 Å². The number of hydrogen-bond acceptors (Lipinski definition) is 23. The van der Waals surface area contributed by atoms with E-state index < -0.39 is 90.5 Å². The fourth-order valence-electron chi connectivity index (χ4n) is 4.48. The van der Waals surface area contributed by atoms with Gasteiger partial charge in [0.25, 0.3) is 15.6 Å². The van der Waals surface area contributed by atoms with E-state index in [4.69, 9.17) is 15.6 Å². The van der Waals surface area contributed by atoms with Gasteiger partial charge < -0.3 is 74.1 Å². The van der Waals surface area contributed by atoms with E-state index in [0.29, 0.717) is 0 Å². The summed E-state index contributed by atoms with van der Waals surface area (Å²) in [5.41, 5.74) is 4.04. The number of hydrogen-bond donors (Lipinski definition) is 6. The van der Waals surface area contributed by atoms with Gasteiger partial charge in [-0.3, -0.25) is 28.1 Å². The average Bonchev–Trinajstić information content (AvgIpc) is 3.64. The number of aliphatic hydroxyl groups excluding tert-OH is 3. The van der Waals surface area contributed by atoms with Crippen molar-refractivity contribution < 1.29 is 85.6 Å². The van der Waals surface area contributed by atoms with Crippen molar-refractivity contribution in [3.63, 3.8) is 0 Å². The quantitative estimate of drug-likeness (QED) is 0.0512. The lowest BCUT2D eigenvalue weighted by atomic mass is 9.87. The van der Waals surface area contributed by atoms with Gasteiger partial charge in [0, 0.05) is 36.6 Å². The van der Waals surface area contributed by atoms with E-state index in [-0.39, 0.29) is 54.0 Å². The summed E-state index contributed by atoms with van der Waals surface area (Å²) in [5.74, 6) is -1.91. The number of imidazole rings is 1. The van der Waals surface area contributed by atoms with E-state index >= 15 is 0 Å². The number of carbonyl (C=O) groups excluding carboxylic acids is 3. The molecule has 0 bridgehead atoms. The third kappa shape index (κ3) is 13.3. The Morgan fingerprint density at radius 2 is 1.76 bits per heavy atom. The highest BCUT2D eigenvalue weighted by molar-refractivity contribution is 8.13. The molecule has 8 unspecified atom stereocenters. The van der Waals surface area contributed by atoms with Crippen LogP contribution in [0, 0.1) is 11.3 Å². The highest BCUT2D eigenvalue weighted by Crippen LogP contribution is 2.56. The Hall–Kier alpha value is -2.48. The van der Waals surface area contributed by atoms with Crippen LogP contribution in [0.5, 0.6) is 0 Å². The summed E-state index contributed by atoms with van der Waals surface area (Å²) in [7, 11) is -17.6. The molecule has 1 saturated heterocycles. The van der Waals surface area contributed by atoms with Gasteiger partial charge in [-0.15, -0.1) is 0 Å². The van der Waals surface area contributed by atoms with Crippen LogP contribution in [0.1, 0.15) is 33.4 Å². The number of amides is 2. The Morgan fingerprint density at radius 1 is 1.09 bits per heavy atom. The molecule has 54 heavy (non-hydrogen) atoms. The zero-order chi connectivity index (χ0) is 40.6. The lowest BCUT2D eigenvalue weighted by Crippen LogP contribution is -2.46. The Bertz CT molecular complexity index is 1780. The molecule has 0 radical (unpaired) electrons. The molecule has 0 aromatic carbocycles. The summed E-state index contributed by atoms with van der Waals surface area (Å²) in [6.45, 7) is 1.21. The molecule has 1 aliphatic rings. The maximum Gasteiger partial charge on any atom is 0.274 e. The number of nitrogen functional groups attached to an aromatic ring is 1. The van der Waals surface area contributed by atoms with Crippen molar-refractivity contribution in [1.29, 1.82) is 0 Å². The summed E-state index contributed by atoms with van der Waals surface area (Å²) in [6, 6.07) is 0. The largest absolute Gasteiger partial charge is 0.790 e. The number of aromatic nitrogens is 4. The van der Waals surface area contributed by atoms with Crippen LogP contribution in [0.2, 0.25) is 0 Å². The first kappa shape index (κ1) is 45.9. The van der Waals surface area contributed by atoms with Crippen molar-refractivity contribution in [2.24, 2.45) is 11.3 Å². The molecule has 2 aromatic heterocycles. The van der Waals surface area contributed by atoms with E-state index in [1.807, 2.05) is 0 Å². The zero-order valence-corrected chi connectivity index (χ0v) is 32.1. The lowest BCUT2D eigenvalue weighted by Gasteiger charge is -2.36. The number of thioether (sulfide) groups is 1. The number of phosphoric acid groups is 3. The fourth-order valence-corrected chi connectivity index (χ4v) is 7.98. The van der Waals surface area contributed by atoms with E-state index in [0.717, 1.165) is 29.0 Å². The molecule has 8 atom stereocenters. The summed E-state index contributed by atoms with van der Waals surface area (Å²) in [4.78, 5) is 95.4. The van der Waals surface area contributed by atoms with E-state index in [1.54, 1.807) is 6.92 Å². The molecule has 0 spiro atoms. The molecule has 7 N–H and O–H groups in total. The zero-order valence-electron chi connectivity index (χ0n) is 28.7. The molecule has 1 fully saturated rings. The van der Waals surface area contributed by atoms with Crippen LogP contribution in [0.15, 0.2) is 12.7 Å². The SMILES string of the molecule is CC(CO)C(=O)SCCNC(=O)CCNC(=O)C(O)C(C)(C)COP(=O)([O-])OP(=O)([O-])OCC1OC(n2cnc3c(N)ncnc32)C(O)C1OP(=O)([O-])[O-]. The highest BCUT2D eigenvalue weighted by Gasteiger charge is 2.47. The third-order valence-corrected chi connectivity index (χ3v) is 11.5. The van der Waals surface area contributed by atoms with Crippen LogP contribution in [-0.4, -0.2) is 115 Å². The number of ether oxygens (including phenoxy) is 1. The molecule has 1 aliphatic heterocycles. The van der Waals surface area contributed by atoms with Gasteiger partial charge in [0.2, 0.25) is 11.8 Å². The summed E-state index contributed by atoms with van der Waals surface area (Å²) in [6.07, 6.45) is -7.66. The summed E-state index contributed by atoms with van der Waals surface area (Å²) < 4.78 is 60.3. The molecule has 25 nitrogen and oxygen atoms in total. The molecule has 3 rings (SSSR count). The number of phosphoric ester groups is 3. The maximum atomic E-state index is 12.5. The van der Waals surface area contributed by atoms with Gasteiger partial charge in [-0.05, 0) is 0 Å². The number of nitrogens with zero attached hydrogens (tertiary/aromatic N) is 4. The van der Waals surface area contributed by atoms with Gasteiger partial charge in [0.15, 0.2) is 22.8 Å². The Balaban J connectivity index is 1.51. The Kier molecular flexibility index (Phi) is 16.2. The molecule has 3 heterocycles. The summed E-state index contributed by atoms with van der Waals surface area (Å²) in [5, 5.41) is 34.8. The van der Waals surface area contributed by atoms with Gasteiger partial charge in [-0.1, -0.05) is 32.5 Å². The van der Waals surface area contributed by atoms with Crippen molar-refractivity contribution in [2.75, 3.05) is 44.4 Å². The second kappa shape index (κ2) is 19.1. The number of fused-ring (bicyclic) bond motifs is 1. The van der Waals surface area contributed by atoms with Gasteiger partial charge in [-0.25, -0.2) is 19.3 Å². The Labute approximate surface area is 310 Å². The highest BCUT2D eigenvalue weighted by atomic mass is 32.2. The number of nitrogens with two attached hydrogens (primary N) is 1.